The number of hydrogen-bond acceptors (Lipinski definition) is 4. The molecule has 0 saturated heterocycles. The van der Waals surface area contributed by atoms with E-state index in [-0.39, 0.29) is 29.7 Å². The van der Waals surface area contributed by atoms with E-state index < -0.39 is 0 Å². The van der Waals surface area contributed by atoms with Crippen molar-refractivity contribution < 1.29 is 9.59 Å². The second kappa shape index (κ2) is 6.95. The summed E-state index contributed by atoms with van der Waals surface area (Å²) in [4.78, 5) is 26.3. The fraction of sp³-hybridized carbons (Fsp3) is 0.467. The maximum absolute atomic E-state index is 12.1. The standard InChI is InChI=1S/C15H21N3O2S/c1-10(2)18(9-14(16)19)8-7-13-15(20)17-11-5-3-4-6-12(11)21-13/h3-6,10,13H,7-9H2,1-2H3,(H2,16,19)(H,17,20). The molecule has 0 fully saturated rings. The van der Waals surface area contributed by atoms with E-state index in [1.807, 2.05) is 43.0 Å². The molecule has 1 aromatic carbocycles. The smallest absolute Gasteiger partial charge is 0.237 e. The molecule has 0 aliphatic carbocycles. The van der Waals surface area contributed by atoms with Gasteiger partial charge in [-0.05, 0) is 32.4 Å². The molecule has 6 heteroatoms. The first-order valence-electron chi connectivity index (χ1n) is 7.06. The third-order valence-electron chi connectivity index (χ3n) is 3.47. The van der Waals surface area contributed by atoms with E-state index in [1.165, 1.54) is 0 Å². The Kier molecular flexibility index (Phi) is 5.25. The minimum absolute atomic E-state index is 0.0291. The molecule has 1 aliphatic rings. The van der Waals surface area contributed by atoms with Gasteiger partial charge in [-0.25, -0.2) is 0 Å². The lowest BCUT2D eigenvalue weighted by Gasteiger charge is -2.29. The Hall–Kier alpha value is -1.53. The van der Waals surface area contributed by atoms with Gasteiger partial charge in [0.05, 0.1) is 17.5 Å². The van der Waals surface area contributed by atoms with Crippen molar-refractivity contribution >= 4 is 29.3 Å². The summed E-state index contributed by atoms with van der Waals surface area (Å²) in [6.07, 6.45) is 0.691. The van der Waals surface area contributed by atoms with Crippen LogP contribution < -0.4 is 11.1 Å². The highest BCUT2D eigenvalue weighted by Gasteiger charge is 2.27. The molecule has 114 valence electrons. The number of nitrogens with zero attached hydrogens (tertiary/aromatic N) is 1. The van der Waals surface area contributed by atoms with Crippen molar-refractivity contribution in [2.45, 2.75) is 36.5 Å². The van der Waals surface area contributed by atoms with Crippen molar-refractivity contribution in [1.82, 2.24) is 4.90 Å². The number of fused-ring (bicyclic) bond motifs is 1. The van der Waals surface area contributed by atoms with Crippen LogP contribution in [0.15, 0.2) is 29.2 Å². The number of thioether (sulfide) groups is 1. The van der Waals surface area contributed by atoms with E-state index in [2.05, 4.69) is 5.32 Å². The highest BCUT2D eigenvalue weighted by molar-refractivity contribution is 8.01. The highest BCUT2D eigenvalue weighted by atomic mass is 32.2. The lowest BCUT2D eigenvalue weighted by atomic mass is 10.2. The van der Waals surface area contributed by atoms with E-state index in [4.69, 9.17) is 5.73 Å². The number of nitrogens with two attached hydrogens (primary N) is 1. The molecule has 0 radical (unpaired) electrons. The van der Waals surface area contributed by atoms with Gasteiger partial charge in [-0.3, -0.25) is 14.5 Å². The van der Waals surface area contributed by atoms with Crippen LogP contribution in [-0.4, -0.2) is 41.1 Å². The minimum Gasteiger partial charge on any atom is -0.369 e. The fourth-order valence-electron chi connectivity index (χ4n) is 2.29. The van der Waals surface area contributed by atoms with Gasteiger partial charge in [0.2, 0.25) is 11.8 Å². The second-order valence-corrected chi connectivity index (χ2v) is 6.66. The zero-order valence-corrected chi connectivity index (χ0v) is 13.2. The molecule has 2 rings (SSSR count). The van der Waals surface area contributed by atoms with Gasteiger partial charge >= 0.3 is 0 Å². The first kappa shape index (κ1) is 15.9. The maximum Gasteiger partial charge on any atom is 0.237 e. The van der Waals surface area contributed by atoms with E-state index >= 15 is 0 Å². The molecule has 0 spiro atoms. The van der Waals surface area contributed by atoms with Gasteiger partial charge in [0.25, 0.3) is 0 Å². The van der Waals surface area contributed by atoms with Crippen LogP contribution in [-0.2, 0) is 9.59 Å². The number of hydrogen-bond donors (Lipinski definition) is 2. The Morgan fingerprint density at radius 1 is 1.43 bits per heavy atom. The van der Waals surface area contributed by atoms with Crippen LogP contribution in [0.3, 0.4) is 0 Å². The van der Waals surface area contributed by atoms with Crippen molar-refractivity contribution in [2.24, 2.45) is 5.73 Å². The van der Waals surface area contributed by atoms with E-state index in [0.29, 0.717) is 13.0 Å². The van der Waals surface area contributed by atoms with E-state index in [1.54, 1.807) is 11.8 Å². The topological polar surface area (TPSA) is 75.4 Å². The summed E-state index contributed by atoms with van der Waals surface area (Å²) in [7, 11) is 0. The first-order valence-corrected chi connectivity index (χ1v) is 7.94. The number of nitrogens with one attached hydrogen (secondary N) is 1. The maximum atomic E-state index is 12.1. The first-order chi connectivity index (χ1) is 9.97. The third-order valence-corrected chi connectivity index (χ3v) is 4.82. The van der Waals surface area contributed by atoms with Gasteiger partial charge in [-0.1, -0.05) is 12.1 Å². The molecule has 1 heterocycles. The quantitative estimate of drug-likeness (QED) is 0.838. The normalized spacial score (nSPS) is 17.7. The summed E-state index contributed by atoms with van der Waals surface area (Å²) in [5.41, 5.74) is 6.14. The zero-order valence-electron chi connectivity index (χ0n) is 12.3. The Labute approximate surface area is 129 Å². The number of carbonyl (C=O) groups excluding carboxylic acids is 2. The van der Waals surface area contributed by atoms with Gasteiger partial charge in [-0.15, -0.1) is 11.8 Å². The van der Waals surface area contributed by atoms with Crippen LogP contribution in [0.1, 0.15) is 20.3 Å². The molecule has 0 aromatic heterocycles. The average Bonchev–Trinajstić information content (AvgIpc) is 2.42. The summed E-state index contributed by atoms with van der Waals surface area (Å²) in [5, 5.41) is 2.80. The number of benzene rings is 1. The summed E-state index contributed by atoms with van der Waals surface area (Å²) in [5.74, 6) is -0.309. The molecule has 1 unspecified atom stereocenters. The van der Waals surface area contributed by atoms with Crippen molar-refractivity contribution in [3.05, 3.63) is 24.3 Å². The molecule has 3 N–H and O–H groups in total. The minimum atomic E-state index is -0.338. The largest absolute Gasteiger partial charge is 0.369 e. The molecule has 0 bridgehead atoms. The zero-order chi connectivity index (χ0) is 15.4. The molecule has 21 heavy (non-hydrogen) atoms. The van der Waals surface area contributed by atoms with Gasteiger partial charge in [0.1, 0.15) is 0 Å². The van der Waals surface area contributed by atoms with Crippen molar-refractivity contribution in [2.75, 3.05) is 18.4 Å². The summed E-state index contributed by atoms with van der Waals surface area (Å²) >= 11 is 1.58. The van der Waals surface area contributed by atoms with Gasteiger partial charge in [0.15, 0.2) is 0 Å². The summed E-state index contributed by atoms with van der Waals surface area (Å²) in [6, 6.07) is 8.02. The van der Waals surface area contributed by atoms with Crippen LogP contribution in [0.25, 0.3) is 0 Å². The third kappa shape index (κ3) is 4.22. The Morgan fingerprint density at radius 2 is 2.14 bits per heavy atom. The predicted octanol–water partition coefficient (Wildman–Crippen LogP) is 1.69. The van der Waals surface area contributed by atoms with Crippen LogP contribution in [0.4, 0.5) is 5.69 Å². The predicted molar refractivity (Wildman–Crippen MR) is 85.2 cm³/mol. The van der Waals surface area contributed by atoms with Crippen LogP contribution in [0.2, 0.25) is 0 Å². The second-order valence-electron chi connectivity index (χ2n) is 5.41. The number of amides is 2. The Morgan fingerprint density at radius 3 is 2.81 bits per heavy atom. The van der Waals surface area contributed by atoms with Gasteiger partial charge in [0, 0.05) is 17.5 Å². The molecular weight excluding hydrogens is 286 g/mol. The van der Waals surface area contributed by atoms with Crippen LogP contribution in [0, 0.1) is 0 Å². The average molecular weight is 307 g/mol. The summed E-state index contributed by atoms with van der Waals surface area (Å²) < 4.78 is 0. The fourth-order valence-corrected chi connectivity index (χ4v) is 3.38. The number of primary amides is 1. The molecule has 2 amide bonds. The van der Waals surface area contributed by atoms with Crippen LogP contribution in [0.5, 0.6) is 0 Å². The molecule has 1 atom stereocenters. The Bertz CT molecular complexity index is 533. The Balaban J connectivity index is 1.97. The molecule has 1 aromatic rings. The van der Waals surface area contributed by atoms with Crippen molar-refractivity contribution in [1.29, 1.82) is 0 Å². The van der Waals surface area contributed by atoms with Crippen molar-refractivity contribution in [3.8, 4) is 0 Å². The summed E-state index contributed by atoms with van der Waals surface area (Å²) in [6.45, 7) is 4.94. The number of carbonyl (C=O) groups is 2. The molecule has 0 saturated carbocycles. The van der Waals surface area contributed by atoms with Crippen LogP contribution >= 0.6 is 11.8 Å². The van der Waals surface area contributed by atoms with Gasteiger partial charge < -0.3 is 11.1 Å². The number of rotatable bonds is 6. The molecule has 5 nitrogen and oxygen atoms in total. The molecule has 1 aliphatic heterocycles. The van der Waals surface area contributed by atoms with Crippen molar-refractivity contribution in [3.63, 3.8) is 0 Å². The van der Waals surface area contributed by atoms with E-state index in [9.17, 15) is 9.59 Å². The van der Waals surface area contributed by atoms with Gasteiger partial charge in [-0.2, -0.15) is 0 Å². The highest BCUT2D eigenvalue weighted by Crippen LogP contribution is 2.36. The monoisotopic (exact) mass is 307 g/mol. The SMILES string of the molecule is CC(C)N(CCC1Sc2ccccc2NC1=O)CC(N)=O. The molecular formula is C15H21N3O2S. The van der Waals surface area contributed by atoms with E-state index in [0.717, 1.165) is 10.6 Å². The lowest BCUT2D eigenvalue weighted by molar-refractivity contribution is -0.119. The number of para-hydroxylation sites is 1. The number of anilines is 1. The lowest BCUT2D eigenvalue weighted by Crippen LogP contribution is -2.41.